The molecule has 1 N–H and O–H groups in total. The van der Waals surface area contributed by atoms with Gasteiger partial charge in [0.05, 0.1) is 19.5 Å². The van der Waals surface area contributed by atoms with Crippen molar-refractivity contribution in [2.24, 2.45) is 0 Å². The third kappa shape index (κ3) is 5.62. The first kappa shape index (κ1) is 19.0. The van der Waals surface area contributed by atoms with E-state index in [-0.39, 0.29) is 11.2 Å². The van der Waals surface area contributed by atoms with Gasteiger partial charge in [0.25, 0.3) is 0 Å². The van der Waals surface area contributed by atoms with Gasteiger partial charge in [0, 0.05) is 10.9 Å². The maximum absolute atomic E-state index is 12.5. The zero-order valence-electron chi connectivity index (χ0n) is 15.0. The lowest BCUT2D eigenvalue weighted by Gasteiger charge is -2.23. The highest BCUT2D eigenvalue weighted by molar-refractivity contribution is 8.00. The predicted octanol–water partition coefficient (Wildman–Crippen LogP) is 4.41. The van der Waals surface area contributed by atoms with Crippen LogP contribution < -0.4 is 14.8 Å². The highest BCUT2D eigenvalue weighted by Gasteiger charge is 2.20. The second-order valence-electron chi connectivity index (χ2n) is 6.33. The quantitative estimate of drug-likeness (QED) is 0.771. The number of benzene rings is 1. The lowest BCUT2D eigenvalue weighted by molar-refractivity contribution is -0.121. The number of carbonyl (C=O) groups excluding carboxylic acids is 1. The summed E-state index contributed by atoms with van der Waals surface area (Å²) in [6, 6.07) is 6.10. The van der Waals surface area contributed by atoms with Crippen LogP contribution in [-0.4, -0.2) is 31.4 Å². The van der Waals surface area contributed by atoms with Crippen LogP contribution in [0.5, 0.6) is 11.5 Å². The molecule has 0 bridgehead atoms. The zero-order chi connectivity index (χ0) is 17.4. The van der Waals surface area contributed by atoms with Gasteiger partial charge in [-0.2, -0.15) is 0 Å². The van der Waals surface area contributed by atoms with Crippen molar-refractivity contribution in [1.29, 1.82) is 0 Å². The van der Waals surface area contributed by atoms with E-state index in [1.54, 1.807) is 26.0 Å². The molecule has 1 aromatic rings. The molecule has 1 saturated carbocycles. The SMILES string of the molecule is COc1ccc(SC(C)C(=O)NC2CCCCCCC2)cc1OC. The molecule has 1 aromatic carbocycles. The van der Waals surface area contributed by atoms with E-state index in [1.807, 2.05) is 25.1 Å². The zero-order valence-corrected chi connectivity index (χ0v) is 15.8. The minimum Gasteiger partial charge on any atom is -0.493 e. The molecule has 2 rings (SSSR count). The Morgan fingerprint density at radius 3 is 2.33 bits per heavy atom. The molecule has 24 heavy (non-hydrogen) atoms. The Hall–Kier alpha value is -1.36. The van der Waals surface area contributed by atoms with Gasteiger partial charge in [-0.25, -0.2) is 0 Å². The van der Waals surface area contributed by atoms with Crippen LogP contribution in [0.2, 0.25) is 0 Å². The summed E-state index contributed by atoms with van der Waals surface area (Å²) in [4.78, 5) is 13.5. The van der Waals surface area contributed by atoms with Crippen molar-refractivity contribution in [2.75, 3.05) is 14.2 Å². The van der Waals surface area contributed by atoms with Crippen LogP contribution in [0.25, 0.3) is 0 Å². The first-order chi connectivity index (χ1) is 11.6. The molecule has 1 amide bonds. The molecule has 4 nitrogen and oxygen atoms in total. The Kier molecular flexibility index (Phi) is 7.76. The smallest absolute Gasteiger partial charge is 0.233 e. The van der Waals surface area contributed by atoms with Crippen LogP contribution in [0, 0.1) is 0 Å². The molecule has 0 aliphatic heterocycles. The Morgan fingerprint density at radius 1 is 1.08 bits per heavy atom. The van der Waals surface area contributed by atoms with Gasteiger partial charge in [-0.15, -0.1) is 11.8 Å². The van der Waals surface area contributed by atoms with Crippen molar-refractivity contribution in [3.05, 3.63) is 18.2 Å². The van der Waals surface area contributed by atoms with Gasteiger partial charge < -0.3 is 14.8 Å². The van der Waals surface area contributed by atoms with E-state index in [1.165, 1.54) is 32.1 Å². The third-order valence-electron chi connectivity index (χ3n) is 4.49. The monoisotopic (exact) mass is 351 g/mol. The molecule has 0 heterocycles. The summed E-state index contributed by atoms with van der Waals surface area (Å²) in [5, 5.41) is 3.11. The summed E-state index contributed by atoms with van der Waals surface area (Å²) in [5.74, 6) is 1.52. The number of amides is 1. The summed E-state index contributed by atoms with van der Waals surface area (Å²) in [6.45, 7) is 1.96. The topological polar surface area (TPSA) is 47.6 Å². The molecular weight excluding hydrogens is 322 g/mol. The van der Waals surface area contributed by atoms with E-state index >= 15 is 0 Å². The fraction of sp³-hybridized carbons (Fsp3) is 0.632. The van der Waals surface area contributed by atoms with Gasteiger partial charge in [-0.05, 0) is 38.0 Å². The lowest BCUT2D eigenvalue weighted by atomic mass is 9.97. The normalized spacial score (nSPS) is 17.5. The second-order valence-corrected chi connectivity index (χ2v) is 7.74. The van der Waals surface area contributed by atoms with Crippen molar-refractivity contribution >= 4 is 17.7 Å². The lowest BCUT2D eigenvalue weighted by Crippen LogP contribution is -2.39. The van der Waals surface area contributed by atoms with E-state index in [2.05, 4.69) is 5.32 Å². The van der Waals surface area contributed by atoms with Crippen molar-refractivity contribution < 1.29 is 14.3 Å². The van der Waals surface area contributed by atoms with E-state index in [4.69, 9.17) is 9.47 Å². The van der Waals surface area contributed by atoms with Crippen LogP contribution in [0.1, 0.15) is 51.9 Å². The molecular formula is C19H29NO3S. The minimum atomic E-state index is -0.131. The third-order valence-corrected chi connectivity index (χ3v) is 5.58. The Morgan fingerprint density at radius 2 is 1.71 bits per heavy atom. The number of thioether (sulfide) groups is 1. The van der Waals surface area contributed by atoms with Gasteiger partial charge in [0.15, 0.2) is 11.5 Å². The molecule has 1 aliphatic rings. The molecule has 1 aliphatic carbocycles. The van der Waals surface area contributed by atoms with E-state index in [0.29, 0.717) is 17.5 Å². The first-order valence-electron chi connectivity index (χ1n) is 8.83. The molecule has 5 heteroatoms. The van der Waals surface area contributed by atoms with Gasteiger partial charge in [0.1, 0.15) is 0 Å². The van der Waals surface area contributed by atoms with Gasteiger partial charge >= 0.3 is 0 Å². The summed E-state index contributed by atoms with van der Waals surface area (Å²) in [5.41, 5.74) is 0. The van der Waals surface area contributed by atoms with Gasteiger partial charge in [-0.3, -0.25) is 4.79 Å². The van der Waals surface area contributed by atoms with Gasteiger partial charge in [-0.1, -0.05) is 32.1 Å². The van der Waals surface area contributed by atoms with E-state index in [9.17, 15) is 4.79 Å². The Bertz CT molecular complexity index is 527. The maximum Gasteiger partial charge on any atom is 0.233 e. The van der Waals surface area contributed by atoms with Crippen LogP contribution >= 0.6 is 11.8 Å². The van der Waals surface area contributed by atoms with Crippen molar-refractivity contribution in [2.45, 2.75) is 68.1 Å². The summed E-state index contributed by atoms with van der Waals surface area (Å²) in [7, 11) is 3.24. The fourth-order valence-electron chi connectivity index (χ4n) is 3.07. The van der Waals surface area contributed by atoms with Crippen molar-refractivity contribution in [3.8, 4) is 11.5 Å². The highest BCUT2D eigenvalue weighted by atomic mass is 32.2. The van der Waals surface area contributed by atoms with Crippen molar-refractivity contribution in [3.63, 3.8) is 0 Å². The number of nitrogens with one attached hydrogen (secondary N) is 1. The van der Waals surface area contributed by atoms with Crippen LogP contribution in [-0.2, 0) is 4.79 Å². The maximum atomic E-state index is 12.5. The molecule has 134 valence electrons. The molecule has 1 atom stereocenters. The molecule has 0 saturated heterocycles. The van der Waals surface area contributed by atoms with Crippen molar-refractivity contribution in [1.82, 2.24) is 5.32 Å². The predicted molar refractivity (Wildman–Crippen MR) is 99.1 cm³/mol. The number of hydrogen-bond acceptors (Lipinski definition) is 4. The number of hydrogen-bond donors (Lipinski definition) is 1. The second kappa shape index (κ2) is 9.82. The average Bonchev–Trinajstić information content (AvgIpc) is 2.56. The number of carbonyl (C=O) groups is 1. The number of methoxy groups -OCH3 is 2. The Labute approximate surface area is 149 Å². The summed E-state index contributed by atoms with van der Waals surface area (Å²) >= 11 is 1.55. The van der Waals surface area contributed by atoms with Crippen LogP contribution in [0.4, 0.5) is 0 Å². The van der Waals surface area contributed by atoms with E-state index in [0.717, 1.165) is 17.7 Å². The largest absolute Gasteiger partial charge is 0.493 e. The summed E-state index contributed by atoms with van der Waals surface area (Å²) in [6.07, 6.45) is 8.60. The Balaban J connectivity index is 1.90. The summed E-state index contributed by atoms with van der Waals surface area (Å²) < 4.78 is 10.6. The number of ether oxygens (including phenoxy) is 2. The molecule has 0 radical (unpaired) electrons. The molecule has 0 aromatic heterocycles. The van der Waals surface area contributed by atoms with Crippen LogP contribution in [0.3, 0.4) is 0 Å². The minimum absolute atomic E-state index is 0.125. The standard InChI is InChI=1S/C19H29NO3S/c1-14(19(21)20-15-9-7-5-4-6-8-10-15)24-16-11-12-17(22-2)18(13-16)23-3/h11-15H,4-10H2,1-3H3,(H,20,21). The van der Waals surface area contributed by atoms with E-state index < -0.39 is 0 Å². The van der Waals surface area contributed by atoms with Crippen LogP contribution in [0.15, 0.2) is 23.1 Å². The molecule has 1 unspecified atom stereocenters. The highest BCUT2D eigenvalue weighted by Crippen LogP contribution is 2.33. The molecule has 0 spiro atoms. The average molecular weight is 352 g/mol. The molecule has 1 fully saturated rings. The first-order valence-corrected chi connectivity index (χ1v) is 9.71. The number of rotatable bonds is 6. The fourth-order valence-corrected chi connectivity index (χ4v) is 3.97. The van der Waals surface area contributed by atoms with Gasteiger partial charge in [0.2, 0.25) is 5.91 Å².